The van der Waals surface area contributed by atoms with Gasteiger partial charge in [-0.2, -0.15) is 0 Å². The number of rotatable bonds is 2. The molecule has 0 atom stereocenters. The van der Waals surface area contributed by atoms with E-state index in [0.29, 0.717) is 0 Å². The van der Waals surface area contributed by atoms with E-state index >= 15 is 0 Å². The van der Waals surface area contributed by atoms with Crippen molar-refractivity contribution in [1.82, 2.24) is 9.97 Å². The lowest BCUT2D eigenvalue weighted by Gasteiger charge is -2.08. The summed E-state index contributed by atoms with van der Waals surface area (Å²) in [6.45, 7) is 0. The number of ketones is 1. The van der Waals surface area contributed by atoms with Crippen molar-refractivity contribution in [2.45, 2.75) is 0 Å². The predicted molar refractivity (Wildman–Crippen MR) is 71.9 cm³/mol. The SMILES string of the molecule is O=C(c1c(Cl)cncc1Cl)c1c(Cl)cncc1Cl. The highest BCUT2D eigenvalue weighted by molar-refractivity contribution is 6.45. The summed E-state index contributed by atoms with van der Waals surface area (Å²) in [4.78, 5) is 19.9. The van der Waals surface area contributed by atoms with Crippen molar-refractivity contribution in [3.8, 4) is 0 Å². The van der Waals surface area contributed by atoms with Crippen LogP contribution in [0, 0.1) is 0 Å². The topological polar surface area (TPSA) is 42.9 Å². The fourth-order valence-corrected chi connectivity index (χ4v) is 2.45. The van der Waals surface area contributed by atoms with Crippen LogP contribution in [0.5, 0.6) is 0 Å². The average Bonchev–Trinajstić information content (AvgIpc) is 2.28. The summed E-state index contributed by atoms with van der Waals surface area (Å²) in [5.74, 6) is -0.468. The minimum atomic E-state index is -0.468. The van der Waals surface area contributed by atoms with Gasteiger partial charge in [0, 0.05) is 24.8 Å². The van der Waals surface area contributed by atoms with Gasteiger partial charge in [0.2, 0.25) is 0 Å². The Hall–Kier alpha value is -0.870. The number of carbonyl (C=O) groups excluding carboxylic acids is 1. The first-order valence-electron chi connectivity index (χ1n) is 4.65. The van der Waals surface area contributed by atoms with Crippen molar-refractivity contribution >= 4 is 52.2 Å². The molecule has 2 aromatic heterocycles. The van der Waals surface area contributed by atoms with E-state index in [9.17, 15) is 4.79 Å². The molecular weight excluding hydrogens is 318 g/mol. The zero-order chi connectivity index (χ0) is 13.3. The van der Waals surface area contributed by atoms with Crippen LogP contribution >= 0.6 is 46.4 Å². The number of hydrogen-bond donors (Lipinski definition) is 0. The molecule has 0 unspecified atom stereocenters. The van der Waals surface area contributed by atoms with Crippen molar-refractivity contribution in [2.75, 3.05) is 0 Å². The molecule has 2 rings (SSSR count). The molecule has 0 amide bonds. The highest BCUT2D eigenvalue weighted by atomic mass is 35.5. The number of halogens is 4. The summed E-state index contributed by atoms with van der Waals surface area (Å²) < 4.78 is 0. The van der Waals surface area contributed by atoms with E-state index in [2.05, 4.69) is 9.97 Å². The van der Waals surface area contributed by atoms with Crippen LogP contribution in [0.3, 0.4) is 0 Å². The first-order valence-corrected chi connectivity index (χ1v) is 6.16. The predicted octanol–water partition coefficient (Wildman–Crippen LogP) is 4.32. The van der Waals surface area contributed by atoms with E-state index in [0.717, 1.165) is 0 Å². The highest BCUT2D eigenvalue weighted by Gasteiger charge is 2.22. The molecule has 7 heteroatoms. The largest absolute Gasteiger partial charge is 0.288 e. The van der Waals surface area contributed by atoms with Crippen molar-refractivity contribution in [1.29, 1.82) is 0 Å². The fraction of sp³-hybridized carbons (Fsp3) is 0. The zero-order valence-corrected chi connectivity index (χ0v) is 11.6. The van der Waals surface area contributed by atoms with Crippen molar-refractivity contribution in [2.24, 2.45) is 0 Å². The molecule has 0 radical (unpaired) electrons. The standard InChI is InChI=1S/C11H4Cl4N2O/c12-5-1-16-2-6(13)9(5)11(18)10-7(14)3-17-4-8(10)15/h1-4H. The molecular formula is C11H4Cl4N2O. The molecule has 2 aromatic rings. The third-order valence-electron chi connectivity index (χ3n) is 2.16. The molecule has 0 N–H and O–H groups in total. The molecule has 0 saturated carbocycles. The molecule has 0 aliphatic rings. The van der Waals surface area contributed by atoms with Gasteiger partial charge in [-0.3, -0.25) is 14.8 Å². The third kappa shape index (κ3) is 2.45. The Morgan fingerprint density at radius 1 is 0.722 bits per heavy atom. The molecule has 0 spiro atoms. The van der Waals surface area contributed by atoms with Gasteiger partial charge in [0.1, 0.15) is 0 Å². The summed E-state index contributed by atoms with van der Waals surface area (Å²) in [6, 6.07) is 0. The summed E-state index contributed by atoms with van der Waals surface area (Å²) in [5, 5.41) is 0.542. The third-order valence-corrected chi connectivity index (χ3v) is 3.31. The molecule has 18 heavy (non-hydrogen) atoms. The molecule has 3 nitrogen and oxygen atoms in total. The Labute approximate surface area is 123 Å². The van der Waals surface area contributed by atoms with E-state index in [1.54, 1.807) is 0 Å². The average molecular weight is 322 g/mol. The number of hydrogen-bond acceptors (Lipinski definition) is 3. The summed E-state index contributed by atoms with van der Waals surface area (Å²) in [5.41, 5.74) is 0.228. The summed E-state index contributed by atoms with van der Waals surface area (Å²) in [7, 11) is 0. The Morgan fingerprint density at radius 3 is 1.28 bits per heavy atom. The molecule has 0 aliphatic heterocycles. The van der Waals surface area contributed by atoms with Gasteiger partial charge in [0.15, 0.2) is 5.78 Å². The number of pyridine rings is 2. The van der Waals surface area contributed by atoms with Gasteiger partial charge in [-0.25, -0.2) is 0 Å². The van der Waals surface area contributed by atoms with Gasteiger partial charge < -0.3 is 0 Å². The van der Waals surface area contributed by atoms with Crippen molar-refractivity contribution in [3.05, 3.63) is 56.0 Å². The maximum absolute atomic E-state index is 12.3. The van der Waals surface area contributed by atoms with Crippen molar-refractivity contribution < 1.29 is 4.79 Å². The highest BCUT2D eigenvalue weighted by Crippen LogP contribution is 2.31. The van der Waals surface area contributed by atoms with Crippen LogP contribution < -0.4 is 0 Å². The molecule has 0 fully saturated rings. The minimum absolute atomic E-state index is 0.114. The second-order valence-corrected chi connectivity index (χ2v) is 4.91. The van der Waals surface area contributed by atoms with Gasteiger partial charge >= 0.3 is 0 Å². The molecule has 0 saturated heterocycles. The van der Waals surface area contributed by atoms with Crippen LogP contribution in [-0.4, -0.2) is 15.8 Å². The maximum Gasteiger partial charge on any atom is 0.199 e. The van der Waals surface area contributed by atoms with Crippen LogP contribution in [-0.2, 0) is 0 Å². The van der Waals surface area contributed by atoms with Gasteiger partial charge in [0.05, 0.1) is 31.2 Å². The second kappa shape index (κ2) is 5.41. The molecule has 92 valence electrons. The van der Waals surface area contributed by atoms with Crippen LogP contribution in [0.2, 0.25) is 20.1 Å². The Balaban J connectivity index is 2.63. The normalized spacial score (nSPS) is 10.4. The molecule has 2 heterocycles. The second-order valence-electron chi connectivity index (χ2n) is 3.29. The van der Waals surface area contributed by atoms with Crippen LogP contribution in [0.25, 0.3) is 0 Å². The number of nitrogens with zero attached hydrogens (tertiary/aromatic N) is 2. The first kappa shape index (κ1) is 13.6. The van der Waals surface area contributed by atoms with E-state index in [-0.39, 0.29) is 31.2 Å². The van der Waals surface area contributed by atoms with Gasteiger partial charge in [0.25, 0.3) is 0 Å². The maximum atomic E-state index is 12.3. The zero-order valence-electron chi connectivity index (χ0n) is 8.62. The van der Waals surface area contributed by atoms with E-state index in [1.807, 2.05) is 0 Å². The van der Waals surface area contributed by atoms with Crippen LogP contribution in [0.1, 0.15) is 15.9 Å². The summed E-state index contributed by atoms with van der Waals surface area (Å²) in [6.07, 6.45) is 5.29. The van der Waals surface area contributed by atoms with E-state index in [1.165, 1.54) is 24.8 Å². The van der Waals surface area contributed by atoms with Gasteiger partial charge in [-0.1, -0.05) is 46.4 Å². The number of carbonyl (C=O) groups is 1. The lowest BCUT2D eigenvalue weighted by atomic mass is 10.1. The Morgan fingerprint density at radius 2 is 1.00 bits per heavy atom. The van der Waals surface area contributed by atoms with Crippen LogP contribution in [0.4, 0.5) is 0 Å². The Kier molecular flexibility index (Phi) is 4.07. The Bertz CT molecular complexity index is 536. The van der Waals surface area contributed by atoms with Gasteiger partial charge in [-0.15, -0.1) is 0 Å². The minimum Gasteiger partial charge on any atom is -0.288 e. The number of aromatic nitrogens is 2. The van der Waals surface area contributed by atoms with Crippen LogP contribution in [0.15, 0.2) is 24.8 Å². The monoisotopic (exact) mass is 320 g/mol. The first-order chi connectivity index (χ1) is 8.52. The lowest BCUT2D eigenvalue weighted by Crippen LogP contribution is -2.06. The molecule has 0 bridgehead atoms. The summed E-state index contributed by atoms with van der Waals surface area (Å²) >= 11 is 23.6. The quantitative estimate of drug-likeness (QED) is 0.773. The van der Waals surface area contributed by atoms with Crippen molar-refractivity contribution in [3.63, 3.8) is 0 Å². The van der Waals surface area contributed by atoms with E-state index < -0.39 is 5.78 Å². The molecule has 0 aliphatic carbocycles. The molecule has 0 aromatic carbocycles. The smallest absolute Gasteiger partial charge is 0.199 e. The van der Waals surface area contributed by atoms with E-state index in [4.69, 9.17) is 46.4 Å². The van der Waals surface area contributed by atoms with Gasteiger partial charge in [-0.05, 0) is 0 Å². The lowest BCUT2D eigenvalue weighted by molar-refractivity contribution is 0.103. The fourth-order valence-electron chi connectivity index (χ4n) is 1.38.